The van der Waals surface area contributed by atoms with Crippen LogP contribution in [-0.2, 0) is 9.59 Å². The van der Waals surface area contributed by atoms with E-state index < -0.39 is 18.0 Å². The Hall–Kier alpha value is -1.44. The number of carbonyl (C=O) groups is 3. The second kappa shape index (κ2) is 7.88. The highest BCUT2D eigenvalue weighted by atomic mass is 32.2. The highest BCUT2D eigenvalue weighted by Gasteiger charge is 2.22. The summed E-state index contributed by atoms with van der Waals surface area (Å²) in [4.78, 5) is 33.5. The average Bonchev–Trinajstić information content (AvgIpc) is 2.77. The fourth-order valence-corrected chi connectivity index (χ4v) is 2.22. The molecule has 1 fully saturated rings. The number of thioether (sulfide) groups is 1. The summed E-state index contributed by atoms with van der Waals surface area (Å²) in [5.74, 6) is -0.399. The Bertz CT molecular complexity index is 351. The molecule has 0 aromatic rings. The lowest BCUT2D eigenvalue weighted by Gasteiger charge is -2.16. The van der Waals surface area contributed by atoms with Crippen molar-refractivity contribution in [1.82, 2.24) is 16.0 Å². The highest BCUT2D eigenvalue weighted by molar-refractivity contribution is 7.98. The van der Waals surface area contributed by atoms with Crippen molar-refractivity contribution in [2.75, 3.05) is 18.6 Å². The van der Waals surface area contributed by atoms with Crippen LogP contribution in [0.15, 0.2) is 0 Å². The molecule has 1 unspecified atom stereocenters. The number of rotatable bonds is 7. The summed E-state index contributed by atoms with van der Waals surface area (Å²) in [6.07, 6.45) is 3.42. The van der Waals surface area contributed by atoms with E-state index in [1.165, 1.54) is 11.8 Å². The van der Waals surface area contributed by atoms with Crippen LogP contribution >= 0.6 is 11.8 Å². The number of hydrogen-bond donors (Lipinski definition) is 4. The molecular formula is C11H19N3O4S. The number of aliphatic carboxylic acids is 1. The van der Waals surface area contributed by atoms with Gasteiger partial charge in [0, 0.05) is 19.0 Å². The molecule has 4 N–H and O–H groups in total. The molecule has 0 bridgehead atoms. The molecule has 0 aliphatic carbocycles. The Labute approximate surface area is 115 Å². The van der Waals surface area contributed by atoms with Gasteiger partial charge in [0.25, 0.3) is 0 Å². The Morgan fingerprint density at radius 1 is 1.58 bits per heavy atom. The largest absolute Gasteiger partial charge is 0.480 e. The van der Waals surface area contributed by atoms with Crippen LogP contribution in [0.5, 0.6) is 0 Å². The van der Waals surface area contributed by atoms with E-state index in [0.29, 0.717) is 31.6 Å². The molecule has 1 heterocycles. The first-order chi connectivity index (χ1) is 9.02. The van der Waals surface area contributed by atoms with Gasteiger partial charge >= 0.3 is 12.0 Å². The molecular weight excluding hydrogens is 270 g/mol. The fraction of sp³-hybridized carbons (Fsp3) is 0.727. The molecule has 1 rings (SSSR count). The first-order valence-electron chi connectivity index (χ1n) is 6.08. The van der Waals surface area contributed by atoms with Crippen molar-refractivity contribution in [2.24, 2.45) is 0 Å². The Balaban J connectivity index is 2.27. The predicted octanol–water partition coefficient (Wildman–Crippen LogP) is -0.229. The third-order valence-corrected chi connectivity index (χ3v) is 3.45. The third kappa shape index (κ3) is 5.82. The van der Waals surface area contributed by atoms with Gasteiger partial charge in [-0.15, -0.1) is 0 Å². The summed E-state index contributed by atoms with van der Waals surface area (Å²) >= 11 is 1.53. The summed E-state index contributed by atoms with van der Waals surface area (Å²) in [6, 6.07) is -1.46. The fourth-order valence-electron chi connectivity index (χ4n) is 1.75. The lowest BCUT2D eigenvalue weighted by molar-refractivity contribution is -0.139. The minimum absolute atomic E-state index is 0.0180. The van der Waals surface area contributed by atoms with Crippen LogP contribution < -0.4 is 16.0 Å². The van der Waals surface area contributed by atoms with Gasteiger partial charge in [0.2, 0.25) is 5.91 Å². The minimum atomic E-state index is -1.04. The summed E-state index contributed by atoms with van der Waals surface area (Å²) in [7, 11) is 0. The molecule has 0 aromatic carbocycles. The molecule has 0 spiro atoms. The van der Waals surface area contributed by atoms with Crippen LogP contribution in [0.2, 0.25) is 0 Å². The van der Waals surface area contributed by atoms with Gasteiger partial charge in [-0.05, 0) is 24.9 Å². The number of hydrogen-bond acceptors (Lipinski definition) is 4. The molecule has 0 saturated carbocycles. The van der Waals surface area contributed by atoms with Gasteiger partial charge in [-0.2, -0.15) is 11.8 Å². The molecule has 0 aromatic heterocycles. The van der Waals surface area contributed by atoms with E-state index in [2.05, 4.69) is 16.0 Å². The predicted molar refractivity (Wildman–Crippen MR) is 72.1 cm³/mol. The van der Waals surface area contributed by atoms with Crippen LogP contribution in [0.25, 0.3) is 0 Å². The van der Waals surface area contributed by atoms with E-state index in [4.69, 9.17) is 5.11 Å². The van der Waals surface area contributed by atoms with Crippen LogP contribution in [0.1, 0.15) is 19.3 Å². The smallest absolute Gasteiger partial charge is 0.326 e. The number of nitrogens with one attached hydrogen (secondary N) is 3. The Morgan fingerprint density at radius 2 is 2.32 bits per heavy atom. The summed E-state index contributed by atoms with van der Waals surface area (Å²) < 4.78 is 0. The maximum Gasteiger partial charge on any atom is 0.326 e. The highest BCUT2D eigenvalue weighted by Crippen LogP contribution is 2.05. The van der Waals surface area contributed by atoms with E-state index in [9.17, 15) is 14.4 Å². The lowest BCUT2D eigenvalue weighted by atomic mass is 10.2. The van der Waals surface area contributed by atoms with E-state index in [1.54, 1.807) is 0 Å². The van der Waals surface area contributed by atoms with Gasteiger partial charge in [-0.25, -0.2) is 9.59 Å². The van der Waals surface area contributed by atoms with E-state index in [0.717, 1.165) is 0 Å². The van der Waals surface area contributed by atoms with Crippen molar-refractivity contribution >= 4 is 29.7 Å². The van der Waals surface area contributed by atoms with Crippen LogP contribution in [0.4, 0.5) is 4.79 Å². The van der Waals surface area contributed by atoms with Gasteiger partial charge < -0.3 is 21.1 Å². The summed E-state index contributed by atoms with van der Waals surface area (Å²) in [5.41, 5.74) is 0. The zero-order valence-corrected chi connectivity index (χ0v) is 11.6. The number of amides is 3. The SMILES string of the molecule is CSCC[C@H](NC(=O)NCC1CCC(=O)N1)C(=O)O. The zero-order chi connectivity index (χ0) is 14.3. The quantitative estimate of drug-likeness (QED) is 0.518. The topological polar surface area (TPSA) is 108 Å². The molecule has 7 nitrogen and oxygen atoms in total. The molecule has 1 aliphatic heterocycles. The number of carbonyl (C=O) groups excluding carboxylic acids is 2. The molecule has 2 atom stereocenters. The van der Waals surface area contributed by atoms with Crippen LogP contribution in [0, 0.1) is 0 Å². The molecule has 1 aliphatic rings. The number of carboxylic acid groups (broad SMARTS) is 1. The van der Waals surface area contributed by atoms with Gasteiger partial charge in [-0.1, -0.05) is 0 Å². The Kier molecular flexibility index (Phi) is 6.48. The number of urea groups is 1. The molecule has 8 heteroatoms. The van der Waals surface area contributed by atoms with E-state index >= 15 is 0 Å². The first kappa shape index (κ1) is 15.6. The molecule has 0 radical (unpaired) electrons. The monoisotopic (exact) mass is 289 g/mol. The van der Waals surface area contributed by atoms with Gasteiger partial charge in [0.15, 0.2) is 0 Å². The second-order valence-electron chi connectivity index (χ2n) is 4.33. The molecule has 1 saturated heterocycles. The number of carboxylic acids is 1. The standard InChI is InChI=1S/C11H19N3O4S/c1-19-5-4-8(10(16)17)14-11(18)12-6-7-2-3-9(15)13-7/h7-8H,2-6H2,1H3,(H,13,15)(H,16,17)(H2,12,14,18)/t7?,8-/m0/s1. The maximum absolute atomic E-state index is 11.6. The van der Waals surface area contributed by atoms with E-state index in [1.807, 2.05) is 6.26 Å². The maximum atomic E-state index is 11.6. The average molecular weight is 289 g/mol. The summed E-state index contributed by atoms with van der Waals surface area (Å²) in [6.45, 7) is 0.312. The summed E-state index contributed by atoms with van der Waals surface area (Å²) in [5, 5.41) is 16.7. The molecule has 3 amide bonds. The van der Waals surface area contributed by atoms with Gasteiger partial charge in [0.1, 0.15) is 6.04 Å². The van der Waals surface area contributed by atoms with E-state index in [-0.39, 0.29) is 11.9 Å². The van der Waals surface area contributed by atoms with Crippen molar-refractivity contribution in [3.05, 3.63) is 0 Å². The van der Waals surface area contributed by atoms with Crippen molar-refractivity contribution in [2.45, 2.75) is 31.3 Å². The normalized spacial score (nSPS) is 19.6. The molecule has 19 heavy (non-hydrogen) atoms. The van der Waals surface area contributed by atoms with Gasteiger partial charge in [-0.3, -0.25) is 4.79 Å². The van der Waals surface area contributed by atoms with Crippen molar-refractivity contribution in [1.29, 1.82) is 0 Å². The van der Waals surface area contributed by atoms with Gasteiger partial charge in [0.05, 0.1) is 0 Å². The third-order valence-electron chi connectivity index (χ3n) is 2.81. The molecule has 108 valence electrons. The first-order valence-corrected chi connectivity index (χ1v) is 7.47. The zero-order valence-electron chi connectivity index (χ0n) is 10.8. The van der Waals surface area contributed by atoms with Crippen molar-refractivity contribution in [3.8, 4) is 0 Å². The Morgan fingerprint density at radius 3 is 2.84 bits per heavy atom. The minimum Gasteiger partial charge on any atom is -0.480 e. The van der Waals surface area contributed by atoms with Crippen LogP contribution in [-0.4, -0.2) is 53.7 Å². The van der Waals surface area contributed by atoms with Crippen molar-refractivity contribution < 1.29 is 19.5 Å². The van der Waals surface area contributed by atoms with Crippen molar-refractivity contribution in [3.63, 3.8) is 0 Å². The second-order valence-corrected chi connectivity index (χ2v) is 5.32. The lowest BCUT2D eigenvalue weighted by Crippen LogP contribution is -2.49. The van der Waals surface area contributed by atoms with Crippen LogP contribution in [0.3, 0.4) is 0 Å².